The molecule has 1 unspecified atom stereocenters. The van der Waals surface area contributed by atoms with Crippen LogP contribution in [0.4, 0.5) is 28.4 Å². The quantitative estimate of drug-likeness (QED) is 0.158. The zero-order chi connectivity index (χ0) is 43.9. The van der Waals surface area contributed by atoms with Crippen LogP contribution in [0.3, 0.4) is 0 Å². The molecule has 314 valence electrons. The average Bonchev–Trinajstić information content (AvgIpc) is 3.83. The Morgan fingerprint density at radius 2 is 1.18 bits per heavy atom. The molecule has 0 radical (unpaired) electrons. The Morgan fingerprint density at radius 1 is 0.515 bits per heavy atom. The minimum absolute atomic E-state index is 0.290. The van der Waals surface area contributed by atoms with Crippen LogP contribution in [-0.2, 0) is 5.41 Å². The molecule has 0 saturated carbocycles. The van der Waals surface area contributed by atoms with E-state index in [1.54, 1.807) is 0 Å². The van der Waals surface area contributed by atoms with Crippen LogP contribution in [0.25, 0.3) is 60.2 Å². The molecule has 3 aliphatic carbocycles. The number of hydrogen-bond donors (Lipinski definition) is 0. The van der Waals surface area contributed by atoms with E-state index in [2.05, 4.69) is 259 Å². The minimum atomic E-state index is -0.333. The Bertz CT molecular complexity index is 3690. The summed E-state index contributed by atoms with van der Waals surface area (Å²) in [5.74, 6) is 0.290. The van der Waals surface area contributed by atoms with Gasteiger partial charge in [-0.2, -0.15) is 0 Å². The molecule has 0 amide bonds. The summed E-state index contributed by atoms with van der Waals surface area (Å²) >= 11 is 0. The molecule has 1 atom stereocenters. The third kappa shape index (κ3) is 5.76. The molecule has 66 heavy (non-hydrogen) atoms. The molecule has 1 aromatic heterocycles. The van der Waals surface area contributed by atoms with Crippen molar-refractivity contribution in [2.24, 2.45) is 5.92 Å². The number of fused-ring (bicyclic) bond motifs is 11. The molecule has 9 aromatic carbocycles. The molecule has 3 aliphatic rings. The van der Waals surface area contributed by atoms with Gasteiger partial charge in [0.1, 0.15) is 0 Å². The van der Waals surface area contributed by atoms with Crippen LogP contribution in [0, 0.1) is 5.92 Å². The normalized spacial score (nSPS) is 15.7. The van der Waals surface area contributed by atoms with Crippen LogP contribution in [0.15, 0.2) is 242 Å². The van der Waals surface area contributed by atoms with E-state index in [0.717, 1.165) is 29.2 Å². The van der Waals surface area contributed by atoms with Gasteiger partial charge in [-0.25, -0.2) is 0 Å². The maximum atomic E-state index is 2.57. The van der Waals surface area contributed by atoms with Crippen molar-refractivity contribution in [3.63, 3.8) is 0 Å². The van der Waals surface area contributed by atoms with E-state index in [-0.39, 0.29) is 11.3 Å². The van der Waals surface area contributed by atoms with Crippen molar-refractivity contribution in [2.45, 2.75) is 25.7 Å². The van der Waals surface area contributed by atoms with Gasteiger partial charge < -0.3 is 14.4 Å². The summed E-state index contributed by atoms with van der Waals surface area (Å²) in [6, 6.07) is 71.7. The largest absolute Gasteiger partial charge is 0.314 e. The third-order valence-electron chi connectivity index (χ3n) is 14.4. The number of hydrogen-bond acceptors (Lipinski definition) is 2. The van der Waals surface area contributed by atoms with E-state index < -0.39 is 0 Å². The van der Waals surface area contributed by atoms with Crippen LogP contribution in [0.5, 0.6) is 0 Å². The van der Waals surface area contributed by atoms with E-state index in [9.17, 15) is 0 Å². The Balaban J connectivity index is 1.07. The molecule has 3 nitrogen and oxygen atoms in total. The lowest BCUT2D eigenvalue weighted by Crippen LogP contribution is -2.26. The van der Waals surface area contributed by atoms with Gasteiger partial charge in [0.2, 0.25) is 0 Å². The molecule has 0 spiro atoms. The number of anilines is 5. The summed E-state index contributed by atoms with van der Waals surface area (Å²) in [6.07, 6.45) is 14.6. The Kier molecular flexibility index (Phi) is 8.69. The summed E-state index contributed by atoms with van der Waals surface area (Å²) < 4.78 is 2.57. The first-order valence-electron chi connectivity index (χ1n) is 23.2. The molecule has 0 N–H and O–H groups in total. The van der Waals surface area contributed by atoms with Crippen LogP contribution >= 0.6 is 0 Å². The van der Waals surface area contributed by atoms with Crippen molar-refractivity contribution in [3.05, 3.63) is 253 Å². The van der Waals surface area contributed by atoms with Crippen LogP contribution < -0.4 is 9.80 Å². The molecule has 0 fully saturated rings. The molecule has 0 saturated heterocycles. The van der Waals surface area contributed by atoms with Crippen molar-refractivity contribution >= 4 is 71.8 Å². The Hall–Kier alpha value is -8.14. The number of aromatic nitrogens is 1. The number of allylic oxidation sites excluding steroid dienone is 7. The zero-order valence-corrected chi connectivity index (χ0v) is 37.1. The summed E-state index contributed by atoms with van der Waals surface area (Å²) in [5.41, 5.74) is 17.0. The lowest BCUT2D eigenvalue weighted by atomic mass is 9.81. The Labute approximate surface area is 385 Å². The molecular weight excluding hydrogens is 799 g/mol. The van der Waals surface area contributed by atoms with E-state index in [0.29, 0.717) is 0 Å². The lowest BCUT2D eigenvalue weighted by Gasteiger charge is -2.36. The SMILES string of the molecule is CC1(C)c2cc(N(C3=CC=CC4=CC=CCC43)c3ccccc3)ccc2-c2ccc3c4c5ccccc5c(N(c5ccccc5)c5cccc6ccccc56)cc4n(-c4ccccc4)c3c21. The van der Waals surface area contributed by atoms with Gasteiger partial charge in [0.25, 0.3) is 0 Å². The van der Waals surface area contributed by atoms with E-state index in [1.807, 2.05) is 0 Å². The second-order valence-corrected chi connectivity index (χ2v) is 18.4. The predicted octanol–water partition coefficient (Wildman–Crippen LogP) is 17.0. The first-order valence-corrected chi connectivity index (χ1v) is 23.2. The van der Waals surface area contributed by atoms with E-state index >= 15 is 0 Å². The first-order chi connectivity index (χ1) is 32.5. The highest BCUT2D eigenvalue weighted by atomic mass is 15.2. The van der Waals surface area contributed by atoms with Gasteiger partial charge in [-0.1, -0.05) is 178 Å². The van der Waals surface area contributed by atoms with E-state index in [1.165, 1.54) is 88.2 Å². The van der Waals surface area contributed by atoms with Crippen molar-refractivity contribution in [1.82, 2.24) is 4.57 Å². The number of nitrogens with zero attached hydrogens (tertiary/aromatic N) is 3. The minimum Gasteiger partial charge on any atom is -0.314 e. The highest BCUT2D eigenvalue weighted by molar-refractivity contribution is 6.26. The monoisotopic (exact) mass is 845 g/mol. The number of rotatable bonds is 7. The van der Waals surface area contributed by atoms with Crippen molar-refractivity contribution in [1.29, 1.82) is 0 Å². The number of benzene rings is 9. The fraction of sp³-hybridized carbons (Fsp3) is 0.0794. The maximum Gasteiger partial charge on any atom is 0.0588 e. The summed E-state index contributed by atoms with van der Waals surface area (Å²) in [6.45, 7) is 4.88. The molecule has 0 bridgehead atoms. The first kappa shape index (κ1) is 38.3. The topological polar surface area (TPSA) is 11.4 Å². The molecule has 0 aliphatic heterocycles. The van der Waals surface area contributed by atoms with Gasteiger partial charge >= 0.3 is 0 Å². The molecule has 1 heterocycles. The fourth-order valence-corrected chi connectivity index (χ4v) is 11.5. The molecule has 13 rings (SSSR count). The van der Waals surface area contributed by atoms with Crippen LogP contribution in [-0.4, -0.2) is 4.57 Å². The Morgan fingerprint density at radius 3 is 1.97 bits per heavy atom. The van der Waals surface area contributed by atoms with Crippen molar-refractivity contribution in [2.75, 3.05) is 9.80 Å². The second-order valence-electron chi connectivity index (χ2n) is 18.4. The number of para-hydroxylation sites is 3. The molecule has 3 heteroatoms. The molecule has 10 aromatic rings. The average molecular weight is 846 g/mol. The fourth-order valence-electron chi connectivity index (χ4n) is 11.5. The van der Waals surface area contributed by atoms with Crippen LogP contribution in [0.1, 0.15) is 31.4 Å². The lowest BCUT2D eigenvalue weighted by molar-refractivity contribution is 0.663. The van der Waals surface area contributed by atoms with Gasteiger partial charge in [0.15, 0.2) is 0 Å². The van der Waals surface area contributed by atoms with Gasteiger partial charge in [-0.3, -0.25) is 0 Å². The summed E-state index contributed by atoms with van der Waals surface area (Å²) in [5, 5.41) is 7.41. The smallest absolute Gasteiger partial charge is 0.0588 e. The second kappa shape index (κ2) is 15.0. The standard InChI is InChI=1S/C63H47N3/c1-63(2)55-40-47(64(44-24-6-3-7-25-44)56-34-18-22-42-20-12-14-30-48(42)56)36-37-50(55)53-38-39-54-60-52-33-17-16-32-51(52)58(41-59(60)66(62(54)61(53)63)46-28-10-5-11-29-46)65(45-26-8-4-9-27-45)57-35-19-23-43-21-13-15-31-49(43)57/h3-29,31-41,48H,30H2,1-2H3. The van der Waals surface area contributed by atoms with Gasteiger partial charge in [-0.15, -0.1) is 0 Å². The zero-order valence-electron chi connectivity index (χ0n) is 37.1. The summed E-state index contributed by atoms with van der Waals surface area (Å²) in [4.78, 5) is 4.97. The van der Waals surface area contributed by atoms with Gasteiger partial charge in [0, 0.05) is 61.3 Å². The maximum absolute atomic E-state index is 2.57. The third-order valence-corrected chi connectivity index (χ3v) is 14.4. The highest BCUT2D eigenvalue weighted by Crippen LogP contribution is 2.56. The van der Waals surface area contributed by atoms with Crippen LogP contribution in [0.2, 0.25) is 0 Å². The summed E-state index contributed by atoms with van der Waals surface area (Å²) in [7, 11) is 0. The highest BCUT2D eigenvalue weighted by Gasteiger charge is 2.40. The van der Waals surface area contributed by atoms with Crippen molar-refractivity contribution in [3.8, 4) is 16.8 Å². The predicted molar refractivity (Wildman–Crippen MR) is 279 cm³/mol. The van der Waals surface area contributed by atoms with Gasteiger partial charge in [-0.05, 0) is 112 Å². The van der Waals surface area contributed by atoms with Crippen molar-refractivity contribution < 1.29 is 0 Å². The molecular formula is C63H47N3. The van der Waals surface area contributed by atoms with E-state index in [4.69, 9.17) is 0 Å². The van der Waals surface area contributed by atoms with Gasteiger partial charge in [0.05, 0.1) is 22.4 Å².